The van der Waals surface area contributed by atoms with E-state index in [1.807, 2.05) is 0 Å². The Morgan fingerprint density at radius 1 is 1.32 bits per heavy atom. The maximum absolute atomic E-state index is 6.13. The van der Waals surface area contributed by atoms with E-state index in [1.54, 1.807) is 0 Å². The third-order valence-electron chi connectivity index (χ3n) is 4.01. The highest BCUT2D eigenvalue weighted by molar-refractivity contribution is 6.31. The van der Waals surface area contributed by atoms with Gasteiger partial charge in [-0.15, -0.1) is 11.6 Å². The van der Waals surface area contributed by atoms with Crippen LogP contribution in [0.2, 0.25) is 5.15 Å². The van der Waals surface area contributed by atoms with E-state index in [0.717, 1.165) is 37.4 Å². The van der Waals surface area contributed by atoms with Gasteiger partial charge in [0, 0.05) is 12.1 Å². The molecule has 104 valence electrons. The van der Waals surface area contributed by atoms with Crippen molar-refractivity contribution in [2.24, 2.45) is 0 Å². The Kier molecular flexibility index (Phi) is 4.10. The highest BCUT2D eigenvalue weighted by Gasteiger charge is 2.35. The summed E-state index contributed by atoms with van der Waals surface area (Å²) in [4.78, 5) is 10.8. The molecular weight excluding hydrogens is 285 g/mol. The average Bonchev–Trinajstić information content (AvgIpc) is 2.46. The second-order valence-corrected chi connectivity index (χ2v) is 5.68. The first-order valence-electron chi connectivity index (χ1n) is 6.75. The van der Waals surface area contributed by atoms with E-state index < -0.39 is 0 Å². The van der Waals surface area contributed by atoms with Crippen LogP contribution in [0.25, 0.3) is 0 Å². The van der Waals surface area contributed by atoms with E-state index in [4.69, 9.17) is 27.9 Å². The number of rotatable bonds is 2. The van der Waals surface area contributed by atoms with Gasteiger partial charge in [0.25, 0.3) is 0 Å². The van der Waals surface area contributed by atoms with Crippen LogP contribution in [0.1, 0.15) is 31.2 Å². The lowest BCUT2D eigenvalue weighted by Gasteiger charge is -2.44. The molecule has 4 nitrogen and oxygen atoms in total. The van der Waals surface area contributed by atoms with Crippen LogP contribution in [0.5, 0.6) is 0 Å². The van der Waals surface area contributed by atoms with E-state index in [9.17, 15) is 0 Å². The van der Waals surface area contributed by atoms with E-state index in [1.165, 1.54) is 19.2 Å². The first kappa shape index (κ1) is 13.4. The predicted molar refractivity (Wildman–Crippen MR) is 75.9 cm³/mol. The summed E-state index contributed by atoms with van der Waals surface area (Å²) in [6.07, 6.45) is 6.61. The summed E-state index contributed by atoms with van der Waals surface area (Å²) in [5.74, 6) is 1.22. The summed E-state index contributed by atoms with van der Waals surface area (Å²) in [6, 6.07) is 0.399. The molecule has 2 fully saturated rings. The first-order chi connectivity index (χ1) is 9.31. The normalized spacial score (nSPS) is 27.2. The first-order valence-corrected chi connectivity index (χ1v) is 7.66. The minimum atomic E-state index is 0.319. The van der Waals surface area contributed by atoms with Gasteiger partial charge < -0.3 is 9.64 Å². The Balaban J connectivity index is 1.94. The van der Waals surface area contributed by atoms with Crippen LogP contribution in [0.4, 0.5) is 5.82 Å². The molecule has 1 aliphatic heterocycles. The van der Waals surface area contributed by atoms with Gasteiger partial charge in [-0.25, -0.2) is 9.97 Å². The summed E-state index contributed by atoms with van der Waals surface area (Å²) < 4.78 is 5.89. The zero-order valence-electron chi connectivity index (χ0n) is 10.7. The van der Waals surface area contributed by atoms with Crippen molar-refractivity contribution in [3.63, 3.8) is 0 Å². The average molecular weight is 302 g/mol. The Bertz CT molecular complexity index is 456. The number of hydrogen-bond acceptors (Lipinski definition) is 4. The van der Waals surface area contributed by atoms with Crippen LogP contribution in [0.3, 0.4) is 0 Å². The third-order valence-corrected chi connectivity index (χ3v) is 4.60. The number of aromatic nitrogens is 2. The summed E-state index contributed by atoms with van der Waals surface area (Å²) in [5.41, 5.74) is 0.831. The number of halogens is 2. The molecule has 1 aromatic rings. The van der Waals surface area contributed by atoms with Crippen LogP contribution in [0, 0.1) is 0 Å². The lowest BCUT2D eigenvalue weighted by Crippen LogP contribution is -2.53. The van der Waals surface area contributed by atoms with Crippen molar-refractivity contribution < 1.29 is 4.74 Å². The molecule has 1 aromatic heterocycles. The fourth-order valence-corrected chi connectivity index (χ4v) is 3.61. The SMILES string of the molecule is ClCc1c(Cl)ncnc1N1CCOC2CCCCC21. The maximum Gasteiger partial charge on any atom is 0.138 e. The molecule has 2 heterocycles. The number of fused-ring (bicyclic) bond motifs is 1. The van der Waals surface area contributed by atoms with Gasteiger partial charge in [-0.3, -0.25) is 0 Å². The molecule has 0 aromatic carbocycles. The van der Waals surface area contributed by atoms with Crippen LogP contribution >= 0.6 is 23.2 Å². The Labute approximate surface area is 123 Å². The quantitative estimate of drug-likeness (QED) is 0.622. The molecule has 6 heteroatoms. The van der Waals surface area contributed by atoms with Crippen molar-refractivity contribution >= 4 is 29.0 Å². The van der Waals surface area contributed by atoms with Gasteiger partial charge in [0.1, 0.15) is 17.3 Å². The van der Waals surface area contributed by atoms with Crippen molar-refractivity contribution in [1.82, 2.24) is 9.97 Å². The summed E-state index contributed by atoms with van der Waals surface area (Å²) >= 11 is 12.1. The number of ether oxygens (including phenoxy) is 1. The van der Waals surface area contributed by atoms with Crippen molar-refractivity contribution in [2.45, 2.75) is 43.7 Å². The summed E-state index contributed by atoms with van der Waals surface area (Å²) in [6.45, 7) is 1.59. The molecule has 1 aliphatic carbocycles. The topological polar surface area (TPSA) is 38.2 Å². The van der Waals surface area contributed by atoms with E-state index >= 15 is 0 Å². The fraction of sp³-hybridized carbons (Fsp3) is 0.692. The fourth-order valence-electron chi connectivity index (χ4n) is 3.10. The van der Waals surface area contributed by atoms with Gasteiger partial charge in [-0.1, -0.05) is 24.4 Å². The molecule has 0 amide bonds. The molecule has 19 heavy (non-hydrogen) atoms. The van der Waals surface area contributed by atoms with Crippen LogP contribution in [-0.2, 0) is 10.6 Å². The molecule has 2 aliphatic rings. The Hall–Kier alpha value is -0.580. The van der Waals surface area contributed by atoms with Crippen molar-refractivity contribution in [2.75, 3.05) is 18.1 Å². The second kappa shape index (κ2) is 5.81. The van der Waals surface area contributed by atoms with E-state index in [2.05, 4.69) is 14.9 Å². The maximum atomic E-state index is 6.13. The highest BCUT2D eigenvalue weighted by atomic mass is 35.5. The van der Waals surface area contributed by atoms with Crippen LogP contribution < -0.4 is 4.90 Å². The van der Waals surface area contributed by atoms with Gasteiger partial charge >= 0.3 is 0 Å². The standard InChI is InChI=1S/C13H17Cl2N3O/c14-7-9-12(15)16-8-17-13(9)18-5-6-19-11-4-2-1-3-10(11)18/h8,10-11H,1-7H2. The molecule has 1 saturated heterocycles. The summed E-state index contributed by atoms with van der Waals surface area (Å²) in [5, 5.41) is 0.457. The van der Waals surface area contributed by atoms with E-state index in [-0.39, 0.29) is 0 Å². The molecule has 1 saturated carbocycles. The Morgan fingerprint density at radius 3 is 3.00 bits per heavy atom. The second-order valence-electron chi connectivity index (χ2n) is 5.05. The van der Waals surface area contributed by atoms with Crippen molar-refractivity contribution in [1.29, 1.82) is 0 Å². The highest BCUT2D eigenvalue weighted by Crippen LogP contribution is 2.34. The number of anilines is 1. The largest absolute Gasteiger partial charge is 0.374 e. The van der Waals surface area contributed by atoms with Gasteiger partial charge in [0.2, 0.25) is 0 Å². The lowest BCUT2D eigenvalue weighted by molar-refractivity contribution is -0.00904. The van der Waals surface area contributed by atoms with Gasteiger partial charge in [0.05, 0.1) is 24.6 Å². The zero-order valence-corrected chi connectivity index (χ0v) is 12.2. The third kappa shape index (κ3) is 2.54. The van der Waals surface area contributed by atoms with Crippen LogP contribution in [0.15, 0.2) is 6.33 Å². The molecular formula is C13H17Cl2N3O. The minimum absolute atomic E-state index is 0.319. The van der Waals surface area contributed by atoms with Crippen LogP contribution in [-0.4, -0.2) is 35.3 Å². The van der Waals surface area contributed by atoms with Gasteiger partial charge in [-0.2, -0.15) is 0 Å². The molecule has 0 N–H and O–H groups in total. The molecule has 0 spiro atoms. The molecule has 2 atom stereocenters. The molecule has 0 bridgehead atoms. The number of morpholine rings is 1. The summed E-state index contributed by atoms with van der Waals surface area (Å²) in [7, 11) is 0. The molecule has 2 unspecified atom stereocenters. The number of hydrogen-bond donors (Lipinski definition) is 0. The zero-order chi connectivity index (χ0) is 13.2. The smallest absolute Gasteiger partial charge is 0.138 e. The number of nitrogens with zero attached hydrogens (tertiary/aromatic N) is 3. The van der Waals surface area contributed by atoms with Crippen molar-refractivity contribution in [3.8, 4) is 0 Å². The molecule has 3 rings (SSSR count). The minimum Gasteiger partial charge on any atom is -0.374 e. The van der Waals surface area contributed by atoms with Gasteiger partial charge in [0.15, 0.2) is 0 Å². The Morgan fingerprint density at radius 2 is 2.16 bits per heavy atom. The monoisotopic (exact) mass is 301 g/mol. The number of alkyl halides is 1. The van der Waals surface area contributed by atoms with Crippen molar-refractivity contribution in [3.05, 3.63) is 17.0 Å². The predicted octanol–water partition coefficient (Wildman–Crippen LogP) is 3.02. The van der Waals surface area contributed by atoms with E-state index in [0.29, 0.717) is 23.2 Å². The lowest BCUT2D eigenvalue weighted by atomic mass is 9.90. The molecule has 0 radical (unpaired) electrons. The van der Waals surface area contributed by atoms with Gasteiger partial charge in [-0.05, 0) is 12.8 Å².